The lowest BCUT2D eigenvalue weighted by atomic mass is 10.2. The smallest absolute Gasteiger partial charge is 0.199 e. The van der Waals surface area contributed by atoms with Crippen LogP contribution in [0.1, 0.15) is 10.4 Å². The van der Waals surface area contributed by atoms with Gasteiger partial charge in [0.05, 0.1) is 11.1 Å². The van der Waals surface area contributed by atoms with Crippen LogP contribution < -0.4 is 0 Å². The Kier molecular flexibility index (Phi) is 3.40. The van der Waals surface area contributed by atoms with Crippen LogP contribution >= 0.6 is 11.3 Å². The minimum atomic E-state index is -3.58. The van der Waals surface area contributed by atoms with Crippen molar-refractivity contribution in [3.8, 4) is 0 Å². The van der Waals surface area contributed by atoms with Crippen LogP contribution in [0.15, 0.2) is 51.1 Å². The first-order valence-corrected chi connectivity index (χ1v) is 7.30. The van der Waals surface area contributed by atoms with E-state index in [2.05, 4.69) is 4.40 Å². The molecule has 17 heavy (non-hydrogen) atoms. The van der Waals surface area contributed by atoms with Crippen molar-refractivity contribution in [1.82, 2.24) is 0 Å². The van der Waals surface area contributed by atoms with E-state index in [-0.39, 0.29) is 4.90 Å². The van der Waals surface area contributed by atoms with Gasteiger partial charge in [0.1, 0.15) is 0 Å². The summed E-state index contributed by atoms with van der Waals surface area (Å²) in [6, 6.07) is 10.3. The Labute approximate surface area is 105 Å². The summed E-state index contributed by atoms with van der Waals surface area (Å²) in [4.78, 5) is 1.04. The van der Waals surface area contributed by atoms with Gasteiger partial charge in [0, 0.05) is 4.88 Å². The van der Waals surface area contributed by atoms with Crippen LogP contribution in [0, 0.1) is 6.92 Å². The molecule has 0 unspecified atom stereocenters. The van der Waals surface area contributed by atoms with E-state index in [0.29, 0.717) is 0 Å². The first-order chi connectivity index (χ1) is 8.08. The monoisotopic (exact) mass is 265 g/mol. The van der Waals surface area contributed by atoms with E-state index in [1.54, 1.807) is 24.3 Å². The second-order valence-corrected chi connectivity index (χ2v) is 6.15. The van der Waals surface area contributed by atoms with Crippen molar-refractivity contribution in [2.45, 2.75) is 11.8 Å². The summed E-state index contributed by atoms with van der Waals surface area (Å²) in [6.07, 6.45) is 1.37. The Morgan fingerprint density at radius 2 is 1.88 bits per heavy atom. The summed E-state index contributed by atoms with van der Waals surface area (Å²) in [6.45, 7) is 1.91. The van der Waals surface area contributed by atoms with Crippen molar-refractivity contribution in [3.05, 3.63) is 52.2 Å². The molecule has 0 N–H and O–H groups in total. The molecule has 0 radical (unpaired) electrons. The molecule has 1 aromatic heterocycles. The van der Waals surface area contributed by atoms with Crippen molar-refractivity contribution in [3.63, 3.8) is 0 Å². The standard InChI is InChI=1S/C12H11NO2S2/c1-10-4-6-12(7-5-10)17(14,15)13-9-11-3-2-8-16-11/h2-9H,1H3/b13-9+. The third kappa shape index (κ3) is 3.01. The molecule has 0 atom stereocenters. The fraction of sp³-hybridized carbons (Fsp3) is 0.0833. The van der Waals surface area contributed by atoms with E-state index in [4.69, 9.17) is 0 Å². The predicted molar refractivity (Wildman–Crippen MR) is 70.3 cm³/mol. The summed E-state index contributed by atoms with van der Waals surface area (Å²) in [5.41, 5.74) is 1.02. The summed E-state index contributed by atoms with van der Waals surface area (Å²) in [5.74, 6) is 0. The highest BCUT2D eigenvalue weighted by molar-refractivity contribution is 7.90. The molecule has 2 rings (SSSR count). The van der Waals surface area contributed by atoms with E-state index in [1.165, 1.54) is 17.6 Å². The van der Waals surface area contributed by atoms with Crippen LogP contribution in [0.3, 0.4) is 0 Å². The Bertz CT molecular complexity index is 611. The molecule has 2 aromatic rings. The Hall–Kier alpha value is -1.46. The molecular formula is C12H11NO2S2. The maximum atomic E-state index is 11.8. The molecule has 3 nitrogen and oxygen atoms in total. The molecule has 88 valence electrons. The molecule has 1 heterocycles. The fourth-order valence-corrected chi connectivity index (χ4v) is 2.76. The summed E-state index contributed by atoms with van der Waals surface area (Å²) < 4.78 is 27.3. The number of nitrogens with zero attached hydrogens (tertiary/aromatic N) is 1. The SMILES string of the molecule is Cc1ccc(S(=O)(=O)/N=C/c2cccs2)cc1. The maximum absolute atomic E-state index is 11.8. The van der Waals surface area contributed by atoms with E-state index in [9.17, 15) is 8.42 Å². The van der Waals surface area contributed by atoms with Gasteiger partial charge >= 0.3 is 0 Å². The second kappa shape index (κ2) is 4.81. The highest BCUT2D eigenvalue weighted by atomic mass is 32.2. The number of hydrogen-bond donors (Lipinski definition) is 0. The maximum Gasteiger partial charge on any atom is 0.282 e. The number of thiophene rings is 1. The van der Waals surface area contributed by atoms with Crippen LogP contribution in [0.25, 0.3) is 0 Å². The third-order valence-corrected chi connectivity index (χ3v) is 4.24. The molecule has 0 aliphatic carbocycles. The topological polar surface area (TPSA) is 46.5 Å². The highest BCUT2D eigenvalue weighted by Crippen LogP contribution is 2.14. The van der Waals surface area contributed by atoms with Gasteiger partial charge in [-0.05, 0) is 30.5 Å². The Balaban J connectivity index is 2.28. The van der Waals surface area contributed by atoms with Gasteiger partial charge in [-0.25, -0.2) is 0 Å². The van der Waals surface area contributed by atoms with Gasteiger partial charge in [0.15, 0.2) is 0 Å². The number of aryl methyl sites for hydroxylation is 1. The van der Waals surface area contributed by atoms with E-state index < -0.39 is 10.0 Å². The Morgan fingerprint density at radius 3 is 2.47 bits per heavy atom. The predicted octanol–water partition coefficient (Wildman–Crippen LogP) is 2.86. The normalized spacial score (nSPS) is 12.1. The van der Waals surface area contributed by atoms with E-state index in [0.717, 1.165) is 10.4 Å². The van der Waals surface area contributed by atoms with Crippen molar-refractivity contribution >= 4 is 27.6 Å². The average molecular weight is 265 g/mol. The molecule has 0 amide bonds. The van der Waals surface area contributed by atoms with Crippen LogP contribution in [-0.2, 0) is 10.0 Å². The lowest BCUT2D eigenvalue weighted by Crippen LogP contribution is -1.97. The molecule has 0 aliphatic rings. The number of rotatable bonds is 3. The zero-order valence-electron chi connectivity index (χ0n) is 9.20. The molecule has 0 saturated heterocycles. The molecule has 5 heteroatoms. The molecule has 0 spiro atoms. The van der Waals surface area contributed by atoms with Crippen LogP contribution in [0.2, 0.25) is 0 Å². The van der Waals surface area contributed by atoms with Crippen LogP contribution in [0.5, 0.6) is 0 Å². The quantitative estimate of drug-likeness (QED) is 0.801. The minimum absolute atomic E-state index is 0.218. The first kappa shape index (κ1) is 12.0. The van der Waals surface area contributed by atoms with E-state index in [1.807, 2.05) is 24.4 Å². The van der Waals surface area contributed by atoms with Gasteiger partial charge in [-0.3, -0.25) is 0 Å². The molecular weight excluding hydrogens is 254 g/mol. The molecule has 0 bridgehead atoms. The van der Waals surface area contributed by atoms with Gasteiger partial charge in [-0.2, -0.15) is 12.8 Å². The number of sulfonamides is 1. The summed E-state index contributed by atoms with van der Waals surface area (Å²) >= 11 is 1.45. The molecule has 0 saturated carbocycles. The van der Waals surface area contributed by atoms with Crippen molar-refractivity contribution in [1.29, 1.82) is 0 Å². The molecule has 1 aromatic carbocycles. The van der Waals surface area contributed by atoms with Gasteiger partial charge in [-0.15, -0.1) is 11.3 Å². The molecule has 0 aliphatic heterocycles. The first-order valence-electron chi connectivity index (χ1n) is 4.98. The van der Waals surface area contributed by atoms with Gasteiger partial charge < -0.3 is 0 Å². The van der Waals surface area contributed by atoms with Gasteiger partial charge in [0.2, 0.25) is 0 Å². The largest absolute Gasteiger partial charge is 0.282 e. The summed E-state index contributed by atoms with van der Waals surface area (Å²) in [7, 11) is -3.58. The van der Waals surface area contributed by atoms with Crippen molar-refractivity contribution < 1.29 is 8.42 Å². The van der Waals surface area contributed by atoms with Crippen LogP contribution in [-0.4, -0.2) is 14.6 Å². The summed E-state index contributed by atoms with van der Waals surface area (Å²) in [5, 5.41) is 1.87. The zero-order chi connectivity index (χ0) is 12.3. The van der Waals surface area contributed by atoms with Crippen molar-refractivity contribution in [2.75, 3.05) is 0 Å². The number of benzene rings is 1. The Morgan fingerprint density at radius 1 is 1.18 bits per heavy atom. The van der Waals surface area contributed by atoms with Crippen LogP contribution in [0.4, 0.5) is 0 Å². The van der Waals surface area contributed by atoms with Gasteiger partial charge in [0.25, 0.3) is 10.0 Å². The zero-order valence-corrected chi connectivity index (χ0v) is 10.8. The lowest BCUT2D eigenvalue weighted by Gasteiger charge is -1.98. The average Bonchev–Trinajstić information content (AvgIpc) is 2.80. The lowest BCUT2D eigenvalue weighted by molar-refractivity contribution is 0.598. The van der Waals surface area contributed by atoms with Gasteiger partial charge in [-0.1, -0.05) is 23.8 Å². The molecule has 0 fully saturated rings. The number of hydrogen-bond acceptors (Lipinski definition) is 3. The fourth-order valence-electron chi connectivity index (χ4n) is 1.26. The van der Waals surface area contributed by atoms with E-state index >= 15 is 0 Å². The van der Waals surface area contributed by atoms with Crippen molar-refractivity contribution in [2.24, 2.45) is 4.40 Å². The second-order valence-electron chi connectivity index (χ2n) is 3.54. The highest BCUT2D eigenvalue weighted by Gasteiger charge is 2.10. The minimum Gasteiger partial charge on any atom is -0.199 e. The third-order valence-electron chi connectivity index (χ3n) is 2.18.